The van der Waals surface area contributed by atoms with Gasteiger partial charge in [0, 0.05) is 56.1 Å². The number of carbonyl (C=O) groups excluding carboxylic acids is 1. The molecule has 10 nitrogen and oxygen atoms in total. The van der Waals surface area contributed by atoms with E-state index in [0.717, 1.165) is 54.4 Å². The summed E-state index contributed by atoms with van der Waals surface area (Å²) in [5.41, 5.74) is 3.62. The Bertz CT molecular complexity index is 1990. The van der Waals surface area contributed by atoms with Gasteiger partial charge in [0.2, 0.25) is 0 Å². The van der Waals surface area contributed by atoms with Crippen LogP contribution in [-0.2, 0) is 17.8 Å². The number of hydrogen-bond acceptors (Lipinski definition) is 10. The Hall–Kier alpha value is -3.65. The number of aliphatic hydroxyl groups excluding tert-OH is 1. The van der Waals surface area contributed by atoms with E-state index in [9.17, 15) is 19.8 Å². The van der Waals surface area contributed by atoms with Gasteiger partial charge in [-0.15, -0.1) is 11.3 Å². The number of nitrogens with zero attached hydrogens (tertiary/aromatic N) is 3. The Labute approximate surface area is 287 Å². The number of morpholine rings is 1. The first-order chi connectivity index (χ1) is 23.2. The standard InChI is InChI=1S/C36H41N5O5S2/c1-22(2)33-38-28(20-47-33)34(44)41-15-16-46-36(21-41)11-13-40(14-12-36)19-24-6-4-7-25-23(5-3-8-26(24)25)17-37-18-30(43)27-9-10-29(42)31-32(27)48-35(45)39-31/h3-10,20,22,30,37,42-43H,11-19,21H2,1-2H3,(H,39,45)/t30-/m0/s1. The topological polar surface area (TPSA) is 131 Å². The Morgan fingerprint density at radius 2 is 1.83 bits per heavy atom. The first-order valence-corrected chi connectivity index (χ1v) is 18.2. The highest BCUT2D eigenvalue weighted by Gasteiger charge is 2.41. The fourth-order valence-electron chi connectivity index (χ4n) is 6.98. The molecule has 4 heterocycles. The number of benzene rings is 3. The molecule has 0 bridgehead atoms. The summed E-state index contributed by atoms with van der Waals surface area (Å²) in [6, 6.07) is 16.0. The van der Waals surface area contributed by atoms with Crippen LogP contribution in [0.4, 0.5) is 0 Å². The maximum Gasteiger partial charge on any atom is 0.305 e. The predicted molar refractivity (Wildman–Crippen MR) is 190 cm³/mol. The molecule has 12 heteroatoms. The van der Waals surface area contributed by atoms with E-state index in [1.54, 1.807) is 17.4 Å². The summed E-state index contributed by atoms with van der Waals surface area (Å²) in [5, 5.41) is 29.7. The number of thiazole rings is 2. The lowest BCUT2D eigenvalue weighted by molar-refractivity contribution is -0.128. The second-order valence-corrected chi connectivity index (χ2v) is 15.1. The van der Waals surface area contributed by atoms with E-state index in [1.165, 1.54) is 22.4 Å². The number of amides is 1. The van der Waals surface area contributed by atoms with Gasteiger partial charge in [-0.1, -0.05) is 67.6 Å². The molecule has 7 rings (SSSR count). The third kappa shape index (κ3) is 6.65. The smallest absolute Gasteiger partial charge is 0.305 e. The van der Waals surface area contributed by atoms with Crippen LogP contribution in [0.2, 0.25) is 0 Å². The zero-order chi connectivity index (χ0) is 33.4. The maximum atomic E-state index is 13.3. The number of ether oxygens (including phenoxy) is 1. The number of phenols is 1. The third-order valence-electron chi connectivity index (χ3n) is 9.63. The van der Waals surface area contributed by atoms with E-state index in [1.807, 2.05) is 10.3 Å². The van der Waals surface area contributed by atoms with Crippen molar-refractivity contribution in [1.29, 1.82) is 0 Å². The molecule has 1 amide bonds. The molecule has 1 spiro atoms. The normalized spacial score (nSPS) is 17.5. The van der Waals surface area contributed by atoms with Crippen LogP contribution in [-0.4, -0.2) is 80.8 Å². The van der Waals surface area contributed by atoms with Crippen molar-refractivity contribution in [1.82, 2.24) is 25.1 Å². The average Bonchev–Trinajstić information content (AvgIpc) is 3.74. The molecule has 2 fully saturated rings. The van der Waals surface area contributed by atoms with Crippen LogP contribution in [0.1, 0.15) is 70.9 Å². The third-order valence-corrected chi connectivity index (χ3v) is 11.7. The molecule has 0 aliphatic carbocycles. The number of H-pyrrole nitrogens is 1. The Morgan fingerprint density at radius 1 is 1.08 bits per heavy atom. The number of nitrogens with one attached hydrogen (secondary N) is 2. The first-order valence-electron chi connectivity index (χ1n) is 16.5. The number of aromatic amines is 1. The molecule has 252 valence electrons. The Balaban J connectivity index is 0.971. The fraction of sp³-hybridized carbons (Fsp3) is 0.417. The van der Waals surface area contributed by atoms with Gasteiger partial charge in [-0.25, -0.2) is 4.98 Å². The minimum Gasteiger partial charge on any atom is -0.506 e. The van der Waals surface area contributed by atoms with E-state index < -0.39 is 6.10 Å². The largest absolute Gasteiger partial charge is 0.506 e. The Kier molecular flexibility index (Phi) is 9.38. The number of hydrogen-bond donors (Lipinski definition) is 4. The van der Waals surface area contributed by atoms with Gasteiger partial charge >= 0.3 is 4.87 Å². The number of likely N-dealkylation sites (tertiary alicyclic amines) is 1. The number of piperidine rings is 1. The van der Waals surface area contributed by atoms with Crippen molar-refractivity contribution < 1.29 is 19.7 Å². The molecule has 5 aromatic rings. The summed E-state index contributed by atoms with van der Waals surface area (Å²) in [6.07, 6.45) is 0.913. The van der Waals surface area contributed by atoms with E-state index >= 15 is 0 Å². The number of carbonyl (C=O) groups is 1. The van der Waals surface area contributed by atoms with Crippen molar-refractivity contribution in [3.63, 3.8) is 0 Å². The number of fused-ring (bicyclic) bond motifs is 2. The second kappa shape index (κ2) is 13.7. The van der Waals surface area contributed by atoms with Crippen molar-refractivity contribution in [2.24, 2.45) is 0 Å². The fourth-order valence-corrected chi connectivity index (χ4v) is 8.71. The van der Waals surface area contributed by atoms with E-state index in [0.29, 0.717) is 60.2 Å². The van der Waals surface area contributed by atoms with Crippen molar-refractivity contribution >= 4 is 49.6 Å². The number of aromatic hydroxyl groups is 1. The monoisotopic (exact) mass is 687 g/mol. The summed E-state index contributed by atoms with van der Waals surface area (Å²) < 4.78 is 6.94. The minimum atomic E-state index is -0.837. The van der Waals surface area contributed by atoms with Crippen LogP contribution < -0.4 is 10.2 Å². The number of rotatable bonds is 9. The van der Waals surface area contributed by atoms with Crippen LogP contribution in [0, 0.1) is 0 Å². The van der Waals surface area contributed by atoms with Crippen molar-refractivity contribution in [2.45, 2.75) is 57.4 Å². The molecule has 4 N–H and O–H groups in total. The molecular formula is C36H41N5O5S2. The van der Waals surface area contributed by atoms with Crippen molar-refractivity contribution in [3.8, 4) is 5.75 Å². The summed E-state index contributed by atoms with van der Waals surface area (Å²) in [7, 11) is 0. The molecule has 3 aromatic carbocycles. The lowest BCUT2D eigenvalue weighted by atomic mass is 9.88. The van der Waals surface area contributed by atoms with Crippen molar-refractivity contribution in [3.05, 3.63) is 91.0 Å². The van der Waals surface area contributed by atoms with Gasteiger partial charge in [0.25, 0.3) is 5.91 Å². The van der Waals surface area contributed by atoms with E-state index in [4.69, 9.17) is 4.74 Å². The van der Waals surface area contributed by atoms with E-state index in [-0.39, 0.29) is 22.1 Å². The molecule has 0 radical (unpaired) electrons. The van der Waals surface area contributed by atoms with Gasteiger partial charge in [-0.3, -0.25) is 14.5 Å². The first kappa shape index (κ1) is 32.9. The van der Waals surface area contributed by atoms with Gasteiger partial charge in [0.15, 0.2) is 0 Å². The molecule has 2 saturated heterocycles. The molecule has 1 atom stereocenters. The molecular weight excluding hydrogens is 647 g/mol. The van der Waals surface area contributed by atoms with Crippen LogP contribution in [0.5, 0.6) is 5.75 Å². The van der Waals surface area contributed by atoms with Crippen molar-refractivity contribution in [2.75, 3.05) is 39.3 Å². The maximum absolute atomic E-state index is 13.3. The lowest BCUT2D eigenvalue weighted by Gasteiger charge is -2.47. The molecule has 0 saturated carbocycles. The van der Waals surface area contributed by atoms with Gasteiger partial charge in [0.1, 0.15) is 17.0 Å². The zero-order valence-corrected chi connectivity index (χ0v) is 28.8. The summed E-state index contributed by atoms with van der Waals surface area (Å²) in [4.78, 5) is 36.6. The quantitative estimate of drug-likeness (QED) is 0.163. The van der Waals surface area contributed by atoms with Crippen LogP contribution in [0.15, 0.2) is 58.7 Å². The number of aromatic nitrogens is 2. The Morgan fingerprint density at radius 3 is 2.58 bits per heavy atom. The molecule has 2 aliphatic heterocycles. The van der Waals surface area contributed by atoms with Crippen LogP contribution in [0.25, 0.3) is 21.0 Å². The predicted octanol–water partition coefficient (Wildman–Crippen LogP) is 5.36. The minimum absolute atomic E-state index is 0.00365. The summed E-state index contributed by atoms with van der Waals surface area (Å²) >= 11 is 2.55. The van der Waals surface area contributed by atoms with Crippen LogP contribution in [0.3, 0.4) is 0 Å². The highest BCUT2D eigenvalue weighted by molar-refractivity contribution is 7.16. The SMILES string of the molecule is CC(C)c1nc(C(=O)N2CCOC3(CCN(Cc4cccc5c(CNC[C@H](O)c6ccc(O)c7[nH]c(=O)sc67)cccc45)CC3)C2)cs1. The van der Waals surface area contributed by atoms with Gasteiger partial charge in [-0.05, 0) is 40.8 Å². The lowest BCUT2D eigenvalue weighted by Crippen LogP contribution is -2.58. The second-order valence-electron chi connectivity index (χ2n) is 13.2. The average molecular weight is 688 g/mol. The van der Waals surface area contributed by atoms with E-state index in [2.05, 4.69) is 70.4 Å². The van der Waals surface area contributed by atoms with Gasteiger partial charge in [0.05, 0.1) is 34.6 Å². The number of phenolic OH excluding ortho intramolecular Hbond substituents is 1. The summed E-state index contributed by atoms with van der Waals surface area (Å²) in [5.74, 6) is 0.317. The molecule has 2 aliphatic rings. The number of aliphatic hydroxyl groups is 1. The van der Waals surface area contributed by atoms with Crippen LogP contribution >= 0.6 is 22.7 Å². The highest BCUT2D eigenvalue weighted by Crippen LogP contribution is 2.34. The zero-order valence-electron chi connectivity index (χ0n) is 27.2. The highest BCUT2D eigenvalue weighted by atomic mass is 32.1. The molecule has 2 aromatic heterocycles. The molecule has 48 heavy (non-hydrogen) atoms. The van der Waals surface area contributed by atoms with Gasteiger partial charge in [-0.2, -0.15) is 0 Å². The van der Waals surface area contributed by atoms with Gasteiger partial charge < -0.3 is 30.2 Å². The molecule has 0 unspecified atom stereocenters. The summed E-state index contributed by atoms with van der Waals surface area (Å²) in [6.45, 7) is 9.45.